The Morgan fingerprint density at radius 2 is 1.63 bits per heavy atom. The third-order valence-electron chi connectivity index (χ3n) is 2.24. The lowest BCUT2D eigenvalue weighted by molar-refractivity contribution is -0.123. The van der Waals surface area contributed by atoms with E-state index >= 15 is 0 Å². The molecule has 0 aromatic rings. The van der Waals surface area contributed by atoms with Gasteiger partial charge in [-0.3, -0.25) is 9.59 Å². The Kier molecular flexibility index (Phi) is 16.2. The van der Waals surface area contributed by atoms with E-state index in [9.17, 15) is 9.59 Å². The average Bonchev–Trinajstić information content (AvgIpc) is 2.40. The zero-order valence-electron chi connectivity index (χ0n) is 13.0. The SMILES string of the molecule is CC.COCCNC(=O)CCOCCC(=O)C(C)C. The zero-order valence-corrected chi connectivity index (χ0v) is 13.0. The van der Waals surface area contributed by atoms with E-state index in [2.05, 4.69) is 5.32 Å². The van der Waals surface area contributed by atoms with E-state index in [1.807, 2.05) is 27.7 Å². The number of rotatable bonds is 10. The van der Waals surface area contributed by atoms with Crippen LogP contribution in [-0.4, -0.2) is 45.2 Å². The molecule has 0 rings (SSSR count). The van der Waals surface area contributed by atoms with Crippen LogP contribution in [0.15, 0.2) is 0 Å². The molecular weight excluding hydrogens is 246 g/mol. The minimum atomic E-state index is -0.0581. The quantitative estimate of drug-likeness (QED) is 0.617. The molecule has 19 heavy (non-hydrogen) atoms. The largest absolute Gasteiger partial charge is 0.383 e. The van der Waals surface area contributed by atoms with Crippen LogP contribution in [-0.2, 0) is 19.1 Å². The van der Waals surface area contributed by atoms with Crippen molar-refractivity contribution in [2.24, 2.45) is 5.92 Å². The fourth-order valence-corrected chi connectivity index (χ4v) is 1.11. The first-order valence-electron chi connectivity index (χ1n) is 6.94. The molecule has 5 nitrogen and oxygen atoms in total. The summed E-state index contributed by atoms with van der Waals surface area (Å²) >= 11 is 0. The van der Waals surface area contributed by atoms with Gasteiger partial charge in [-0.05, 0) is 0 Å². The lowest BCUT2D eigenvalue weighted by Crippen LogP contribution is -2.27. The Labute approximate surface area is 117 Å². The first-order chi connectivity index (χ1) is 9.07. The second-order valence-corrected chi connectivity index (χ2v) is 4.08. The summed E-state index contributed by atoms with van der Waals surface area (Å²) in [5, 5.41) is 2.69. The van der Waals surface area contributed by atoms with Gasteiger partial charge in [0.1, 0.15) is 5.78 Å². The van der Waals surface area contributed by atoms with Crippen LogP contribution in [0.25, 0.3) is 0 Å². The third kappa shape index (κ3) is 15.0. The molecule has 0 heterocycles. The van der Waals surface area contributed by atoms with Crippen LogP contribution in [0.5, 0.6) is 0 Å². The number of methoxy groups -OCH3 is 1. The van der Waals surface area contributed by atoms with Crippen molar-refractivity contribution >= 4 is 11.7 Å². The molecule has 0 bridgehead atoms. The normalized spacial score (nSPS) is 9.79. The molecule has 0 unspecified atom stereocenters. The summed E-state index contributed by atoms with van der Waals surface area (Å²) in [5.41, 5.74) is 0. The van der Waals surface area contributed by atoms with Gasteiger partial charge < -0.3 is 14.8 Å². The van der Waals surface area contributed by atoms with Crippen LogP contribution >= 0.6 is 0 Å². The highest BCUT2D eigenvalue weighted by Gasteiger charge is 2.06. The van der Waals surface area contributed by atoms with Crippen molar-refractivity contribution in [3.63, 3.8) is 0 Å². The standard InChI is InChI=1S/C12H23NO4.C2H6/c1-10(2)11(14)4-7-17-8-5-12(15)13-6-9-16-3;1-2/h10H,4-9H2,1-3H3,(H,13,15);1-2H3. The van der Waals surface area contributed by atoms with Crippen molar-refractivity contribution in [3.05, 3.63) is 0 Å². The van der Waals surface area contributed by atoms with Crippen LogP contribution in [0.3, 0.4) is 0 Å². The van der Waals surface area contributed by atoms with Gasteiger partial charge in [-0.2, -0.15) is 0 Å². The molecule has 0 aliphatic rings. The molecule has 114 valence electrons. The Morgan fingerprint density at radius 3 is 2.16 bits per heavy atom. The number of amides is 1. The summed E-state index contributed by atoms with van der Waals surface area (Å²) in [6, 6.07) is 0. The van der Waals surface area contributed by atoms with E-state index in [0.717, 1.165) is 0 Å². The van der Waals surface area contributed by atoms with Crippen molar-refractivity contribution in [2.45, 2.75) is 40.5 Å². The number of carbonyl (C=O) groups is 2. The number of ether oxygens (including phenoxy) is 2. The fourth-order valence-electron chi connectivity index (χ4n) is 1.11. The van der Waals surface area contributed by atoms with Crippen LogP contribution in [0.2, 0.25) is 0 Å². The van der Waals surface area contributed by atoms with Crippen LogP contribution in [0, 0.1) is 5.92 Å². The number of carbonyl (C=O) groups excluding carboxylic acids is 2. The predicted molar refractivity (Wildman–Crippen MR) is 76.1 cm³/mol. The van der Waals surface area contributed by atoms with E-state index in [1.165, 1.54) is 0 Å². The van der Waals surface area contributed by atoms with Gasteiger partial charge >= 0.3 is 0 Å². The third-order valence-corrected chi connectivity index (χ3v) is 2.24. The second-order valence-electron chi connectivity index (χ2n) is 4.08. The highest BCUT2D eigenvalue weighted by molar-refractivity contribution is 5.80. The van der Waals surface area contributed by atoms with E-state index < -0.39 is 0 Å². The minimum Gasteiger partial charge on any atom is -0.383 e. The molecule has 1 amide bonds. The molecular formula is C14H29NO4. The summed E-state index contributed by atoms with van der Waals surface area (Å²) in [6.45, 7) is 9.50. The van der Waals surface area contributed by atoms with E-state index in [-0.39, 0.29) is 17.6 Å². The highest BCUT2D eigenvalue weighted by Crippen LogP contribution is 1.98. The molecule has 0 saturated heterocycles. The molecule has 0 spiro atoms. The average molecular weight is 275 g/mol. The van der Waals surface area contributed by atoms with Gasteiger partial charge in [0.2, 0.25) is 5.91 Å². The Balaban J connectivity index is 0. The maximum absolute atomic E-state index is 11.2. The minimum absolute atomic E-state index is 0.0518. The van der Waals surface area contributed by atoms with Crippen molar-refractivity contribution in [1.29, 1.82) is 0 Å². The second kappa shape index (κ2) is 15.1. The molecule has 0 atom stereocenters. The topological polar surface area (TPSA) is 64.6 Å². The number of hydrogen-bond acceptors (Lipinski definition) is 4. The van der Waals surface area contributed by atoms with Crippen LogP contribution in [0.4, 0.5) is 0 Å². The number of hydrogen-bond donors (Lipinski definition) is 1. The first-order valence-corrected chi connectivity index (χ1v) is 6.94. The maximum atomic E-state index is 11.2. The number of nitrogens with one attached hydrogen (secondary N) is 1. The van der Waals surface area contributed by atoms with Crippen molar-refractivity contribution < 1.29 is 19.1 Å². The Hall–Kier alpha value is -0.940. The molecule has 5 heteroatoms. The smallest absolute Gasteiger partial charge is 0.222 e. The summed E-state index contributed by atoms with van der Waals surface area (Å²) in [5.74, 6) is 0.183. The van der Waals surface area contributed by atoms with Crippen molar-refractivity contribution in [1.82, 2.24) is 5.32 Å². The van der Waals surface area contributed by atoms with Gasteiger partial charge in [0, 0.05) is 32.4 Å². The zero-order chi connectivity index (χ0) is 15.1. The molecule has 0 saturated carbocycles. The first kappa shape index (κ1) is 20.4. The van der Waals surface area contributed by atoms with Crippen molar-refractivity contribution in [3.8, 4) is 0 Å². The molecule has 0 radical (unpaired) electrons. The summed E-state index contributed by atoms with van der Waals surface area (Å²) in [7, 11) is 1.58. The predicted octanol–water partition coefficient (Wildman–Crippen LogP) is 1.80. The van der Waals surface area contributed by atoms with Gasteiger partial charge in [0.15, 0.2) is 0 Å². The van der Waals surface area contributed by atoms with Gasteiger partial charge in [0.25, 0.3) is 0 Å². The van der Waals surface area contributed by atoms with Gasteiger partial charge in [-0.15, -0.1) is 0 Å². The van der Waals surface area contributed by atoms with E-state index in [1.54, 1.807) is 7.11 Å². The number of ketones is 1. The van der Waals surface area contributed by atoms with E-state index in [4.69, 9.17) is 9.47 Å². The lowest BCUT2D eigenvalue weighted by atomic mass is 10.1. The van der Waals surface area contributed by atoms with Gasteiger partial charge in [-0.1, -0.05) is 27.7 Å². The summed E-state index contributed by atoms with van der Waals surface area (Å²) < 4.78 is 10.0. The lowest BCUT2D eigenvalue weighted by Gasteiger charge is -2.06. The molecule has 0 aliphatic carbocycles. The van der Waals surface area contributed by atoms with Crippen LogP contribution in [0.1, 0.15) is 40.5 Å². The maximum Gasteiger partial charge on any atom is 0.222 e. The van der Waals surface area contributed by atoms with Gasteiger partial charge in [-0.25, -0.2) is 0 Å². The molecule has 0 aromatic heterocycles. The fraction of sp³-hybridized carbons (Fsp3) is 0.857. The summed E-state index contributed by atoms with van der Waals surface area (Å²) in [6.07, 6.45) is 0.739. The van der Waals surface area contributed by atoms with E-state index in [0.29, 0.717) is 39.2 Å². The Bertz CT molecular complexity index is 229. The van der Waals surface area contributed by atoms with Crippen LogP contribution < -0.4 is 5.32 Å². The highest BCUT2D eigenvalue weighted by atomic mass is 16.5. The number of Topliss-reactive ketones (excluding diaryl/α,β-unsaturated/α-hetero) is 1. The van der Waals surface area contributed by atoms with Gasteiger partial charge in [0.05, 0.1) is 19.8 Å². The molecule has 0 fully saturated rings. The molecule has 1 N–H and O–H groups in total. The van der Waals surface area contributed by atoms with Crippen molar-refractivity contribution in [2.75, 3.05) is 33.5 Å². The Morgan fingerprint density at radius 1 is 1.05 bits per heavy atom. The summed E-state index contributed by atoms with van der Waals surface area (Å²) in [4.78, 5) is 22.5. The monoisotopic (exact) mass is 275 g/mol. The molecule has 0 aliphatic heterocycles. The molecule has 0 aromatic carbocycles.